The van der Waals surface area contributed by atoms with Gasteiger partial charge in [0, 0.05) is 43.9 Å². The number of hydrogen-bond donors (Lipinski definition) is 0. The van der Waals surface area contributed by atoms with Crippen LogP contribution in [0.1, 0.15) is 16.8 Å². The number of carbonyl (C=O) groups is 1. The molecule has 0 aliphatic carbocycles. The Morgan fingerprint density at radius 3 is 2.72 bits per heavy atom. The second kappa shape index (κ2) is 6.80. The van der Waals surface area contributed by atoms with Crippen molar-refractivity contribution in [2.75, 3.05) is 38.1 Å². The maximum Gasteiger partial charge on any atom is 0.257 e. The fourth-order valence-corrected chi connectivity index (χ4v) is 2.61. The lowest BCUT2D eigenvalue weighted by atomic mass is 10.3. The van der Waals surface area contributed by atoms with Crippen LogP contribution in [0.3, 0.4) is 0 Å². The molecule has 0 spiro atoms. The summed E-state index contributed by atoms with van der Waals surface area (Å²) < 4.78 is 0. The largest absolute Gasteiger partial charge is 0.337 e. The molecule has 1 aliphatic heterocycles. The average Bonchev–Trinajstić information content (AvgIpc) is 2.65. The van der Waals surface area contributed by atoms with Crippen LogP contribution in [0.15, 0.2) is 18.7 Å². The SMILES string of the molecule is O=C(c1cncnc1)N1CCCN(CCBr)CC1. The number of carbonyl (C=O) groups excluding carboxylic acids is 1. The van der Waals surface area contributed by atoms with Crippen LogP contribution in [0.4, 0.5) is 0 Å². The molecule has 1 aromatic heterocycles. The fourth-order valence-electron chi connectivity index (χ4n) is 2.11. The smallest absolute Gasteiger partial charge is 0.257 e. The number of nitrogens with zero attached hydrogens (tertiary/aromatic N) is 4. The number of rotatable bonds is 3. The Morgan fingerprint density at radius 2 is 2.00 bits per heavy atom. The number of amides is 1. The zero-order valence-corrected chi connectivity index (χ0v) is 11.8. The average molecular weight is 313 g/mol. The molecule has 1 aromatic rings. The lowest BCUT2D eigenvalue weighted by Crippen LogP contribution is -2.35. The minimum Gasteiger partial charge on any atom is -0.337 e. The standard InChI is InChI=1S/C12H17BrN4O/c13-2-5-16-3-1-4-17(7-6-16)12(18)11-8-14-10-15-9-11/h8-10H,1-7H2. The van der Waals surface area contributed by atoms with Crippen molar-refractivity contribution in [3.05, 3.63) is 24.3 Å². The zero-order chi connectivity index (χ0) is 12.8. The normalized spacial score (nSPS) is 17.5. The van der Waals surface area contributed by atoms with Gasteiger partial charge in [0.1, 0.15) is 6.33 Å². The third-order valence-electron chi connectivity index (χ3n) is 3.08. The van der Waals surface area contributed by atoms with Gasteiger partial charge in [0.05, 0.1) is 5.56 Å². The summed E-state index contributed by atoms with van der Waals surface area (Å²) in [6, 6.07) is 0. The van der Waals surface area contributed by atoms with Gasteiger partial charge in [0.2, 0.25) is 0 Å². The van der Waals surface area contributed by atoms with Crippen molar-refractivity contribution in [3.8, 4) is 0 Å². The van der Waals surface area contributed by atoms with Crippen molar-refractivity contribution in [2.45, 2.75) is 6.42 Å². The van der Waals surface area contributed by atoms with Crippen molar-refractivity contribution in [2.24, 2.45) is 0 Å². The van der Waals surface area contributed by atoms with Crippen molar-refractivity contribution < 1.29 is 4.79 Å². The molecule has 0 aromatic carbocycles. The molecule has 1 aliphatic rings. The Bertz CT molecular complexity index is 387. The van der Waals surface area contributed by atoms with Crippen LogP contribution in [0, 0.1) is 0 Å². The van der Waals surface area contributed by atoms with Crippen LogP contribution >= 0.6 is 15.9 Å². The van der Waals surface area contributed by atoms with Gasteiger partial charge in [-0.3, -0.25) is 4.79 Å². The Hall–Kier alpha value is -1.01. The first kappa shape index (κ1) is 13.4. The van der Waals surface area contributed by atoms with Crippen LogP contribution in [0.5, 0.6) is 0 Å². The van der Waals surface area contributed by atoms with Crippen molar-refractivity contribution in [1.82, 2.24) is 19.8 Å². The predicted octanol–water partition coefficient (Wildman–Crippen LogP) is 1.02. The molecule has 0 radical (unpaired) electrons. The predicted molar refractivity (Wildman–Crippen MR) is 72.8 cm³/mol. The molecule has 5 nitrogen and oxygen atoms in total. The third kappa shape index (κ3) is 3.49. The maximum atomic E-state index is 12.2. The van der Waals surface area contributed by atoms with E-state index in [9.17, 15) is 4.79 Å². The van der Waals surface area contributed by atoms with E-state index >= 15 is 0 Å². The summed E-state index contributed by atoms with van der Waals surface area (Å²) in [6.45, 7) is 4.62. The fraction of sp³-hybridized carbons (Fsp3) is 0.583. The van der Waals surface area contributed by atoms with E-state index in [0.717, 1.165) is 44.5 Å². The first-order valence-corrected chi connectivity index (χ1v) is 7.26. The summed E-state index contributed by atoms with van der Waals surface area (Å²) in [4.78, 5) is 24.3. The van der Waals surface area contributed by atoms with Gasteiger partial charge in [-0.2, -0.15) is 0 Å². The zero-order valence-electron chi connectivity index (χ0n) is 10.3. The van der Waals surface area contributed by atoms with Crippen molar-refractivity contribution >= 4 is 21.8 Å². The van der Waals surface area contributed by atoms with E-state index in [1.54, 1.807) is 12.4 Å². The van der Waals surface area contributed by atoms with Gasteiger partial charge < -0.3 is 9.80 Å². The Labute approximate surface area is 115 Å². The second-order valence-corrected chi connectivity index (χ2v) is 5.10. The Kier molecular flexibility index (Phi) is 5.07. The van der Waals surface area contributed by atoms with Gasteiger partial charge in [-0.15, -0.1) is 0 Å². The Balaban J connectivity index is 1.96. The van der Waals surface area contributed by atoms with Gasteiger partial charge in [-0.05, 0) is 13.0 Å². The molecule has 1 amide bonds. The van der Waals surface area contributed by atoms with Gasteiger partial charge in [0.15, 0.2) is 0 Å². The molecular weight excluding hydrogens is 296 g/mol. The molecular formula is C12H17BrN4O. The number of alkyl halides is 1. The molecule has 18 heavy (non-hydrogen) atoms. The second-order valence-electron chi connectivity index (χ2n) is 4.30. The molecule has 0 saturated carbocycles. The highest BCUT2D eigenvalue weighted by Gasteiger charge is 2.20. The number of aromatic nitrogens is 2. The Morgan fingerprint density at radius 1 is 1.22 bits per heavy atom. The summed E-state index contributed by atoms with van der Waals surface area (Å²) in [5, 5.41) is 0.980. The summed E-state index contributed by atoms with van der Waals surface area (Å²) in [5.74, 6) is 0.0382. The highest BCUT2D eigenvalue weighted by atomic mass is 79.9. The molecule has 1 fully saturated rings. The first-order valence-electron chi connectivity index (χ1n) is 6.14. The van der Waals surface area contributed by atoms with Crippen LogP contribution in [0.25, 0.3) is 0 Å². The van der Waals surface area contributed by atoms with Crippen molar-refractivity contribution in [3.63, 3.8) is 0 Å². The van der Waals surface area contributed by atoms with E-state index in [4.69, 9.17) is 0 Å². The number of hydrogen-bond acceptors (Lipinski definition) is 4. The molecule has 0 unspecified atom stereocenters. The first-order chi connectivity index (χ1) is 8.81. The van der Waals surface area contributed by atoms with E-state index in [0.29, 0.717) is 5.56 Å². The molecule has 0 bridgehead atoms. The molecule has 0 atom stereocenters. The van der Waals surface area contributed by atoms with Crippen LogP contribution < -0.4 is 0 Å². The molecule has 6 heteroatoms. The van der Waals surface area contributed by atoms with E-state index in [1.165, 1.54) is 6.33 Å². The van der Waals surface area contributed by atoms with Gasteiger partial charge in [-0.25, -0.2) is 9.97 Å². The highest BCUT2D eigenvalue weighted by molar-refractivity contribution is 9.09. The molecule has 2 rings (SSSR count). The van der Waals surface area contributed by atoms with E-state index in [-0.39, 0.29) is 5.91 Å². The monoisotopic (exact) mass is 312 g/mol. The van der Waals surface area contributed by atoms with E-state index in [2.05, 4.69) is 30.8 Å². The summed E-state index contributed by atoms with van der Waals surface area (Å²) >= 11 is 3.45. The quantitative estimate of drug-likeness (QED) is 0.782. The summed E-state index contributed by atoms with van der Waals surface area (Å²) in [7, 11) is 0. The van der Waals surface area contributed by atoms with Gasteiger partial charge in [-0.1, -0.05) is 15.9 Å². The maximum absolute atomic E-state index is 12.2. The van der Waals surface area contributed by atoms with Gasteiger partial charge >= 0.3 is 0 Å². The topological polar surface area (TPSA) is 49.3 Å². The van der Waals surface area contributed by atoms with Crippen molar-refractivity contribution in [1.29, 1.82) is 0 Å². The number of halogens is 1. The molecule has 1 saturated heterocycles. The van der Waals surface area contributed by atoms with Crippen LogP contribution in [-0.4, -0.2) is 63.7 Å². The minimum atomic E-state index is 0.0382. The minimum absolute atomic E-state index is 0.0382. The summed E-state index contributed by atoms with van der Waals surface area (Å²) in [6.07, 6.45) is 5.62. The lowest BCUT2D eigenvalue weighted by molar-refractivity contribution is 0.0761. The van der Waals surface area contributed by atoms with E-state index < -0.39 is 0 Å². The molecule has 0 N–H and O–H groups in total. The lowest BCUT2D eigenvalue weighted by Gasteiger charge is -2.21. The van der Waals surface area contributed by atoms with Gasteiger partial charge in [0.25, 0.3) is 5.91 Å². The highest BCUT2D eigenvalue weighted by Crippen LogP contribution is 2.08. The summed E-state index contributed by atoms with van der Waals surface area (Å²) in [5.41, 5.74) is 0.575. The molecule has 2 heterocycles. The van der Waals surface area contributed by atoms with Crippen LogP contribution in [0.2, 0.25) is 0 Å². The molecule has 98 valence electrons. The van der Waals surface area contributed by atoms with Crippen LogP contribution in [-0.2, 0) is 0 Å². The third-order valence-corrected chi connectivity index (χ3v) is 3.44. The van der Waals surface area contributed by atoms with E-state index in [1.807, 2.05) is 4.90 Å².